The van der Waals surface area contributed by atoms with Crippen LogP contribution in [0.15, 0.2) is 27.8 Å². The van der Waals surface area contributed by atoms with Gasteiger partial charge in [0.2, 0.25) is 0 Å². The molecule has 43 heavy (non-hydrogen) atoms. The number of hydrogen-bond acceptors (Lipinski definition) is 14. The van der Waals surface area contributed by atoms with Crippen LogP contribution in [0.25, 0.3) is 11.4 Å². The van der Waals surface area contributed by atoms with Crippen molar-refractivity contribution in [3.63, 3.8) is 0 Å². The van der Waals surface area contributed by atoms with Gasteiger partial charge in [0, 0.05) is 41.2 Å². The average molecular weight is 710 g/mol. The van der Waals surface area contributed by atoms with E-state index in [9.17, 15) is 27.6 Å². The van der Waals surface area contributed by atoms with Gasteiger partial charge in [-0.15, -0.1) is 16.4 Å². The number of carbonyl (C=O) groups excluding carboxylic acids is 3. The second-order valence-electron chi connectivity index (χ2n) is 9.14. The topological polar surface area (TPSA) is 171 Å². The standard InChI is InChI=1S/C24H24BrF3N6O7S2/c1-9-17(31-23(29)42-9)15-7-34(33-32-15)18-19(39-11(3)36)16(8-38-10(2)35)41-22(20(18)40-12(4)37)43-13-5-14(25)21(30-6-13)24(26,27)28/h5-7,16,18-20,22H,8H2,1-4H3,(H2,29,31). The zero-order chi connectivity index (χ0) is 31.6. The molecule has 0 bridgehead atoms. The number of esters is 3. The summed E-state index contributed by atoms with van der Waals surface area (Å²) in [6.07, 6.45) is -5.83. The third-order valence-corrected chi connectivity index (χ3v) is 8.39. The van der Waals surface area contributed by atoms with Gasteiger partial charge in [-0.25, -0.2) is 14.6 Å². The third-order valence-electron chi connectivity index (χ3n) is 5.88. The van der Waals surface area contributed by atoms with Crippen molar-refractivity contribution in [1.29, 1.82) is 0 Å². The number of thioether (sulfide) groups is 1. The van der Waals surface area contributed by atoms with E-state index in [0.717, 1.165) is 36.7 Å². The highest BCUT2D eigenvalue weighted by molar-refractivity contribution is 9.10. The summed E-state index contributed by atoms with van der Waals surface area (Å²) in [4.78, 5) is 45.0. The van der Waals surface area contributed by atoms with Crippen molar-refractivity contribution in [3.05, 3.63) is 33.5 Å². The number of aromatic nitrogens is 5. The number of aryl methyl sites for hydroxylation is 1. The summed E-state index contributed by atoms with van der Waals surface area (Å²) in [5.74, 6) is -2.11. The summed E-state index contributed by atoms with van der Waals surface area (Å²) in [6, 6.07) is 0.0781. The largest absolute Gasteiger partial charge is 0.463 e. The minimum atomic E-state index is -4.70. The number of nitrogen functional groups attached to an aromatic ring is 1. The Labute approximate surface area is 258 Å². The van der Waals surface area contributed by atoms with Gasteiger partial charge in [-0.2, -0.15) is 13.2 Å². The Kier molecular flexibility index (Phi) is 9.97. The van der Waals surface area contributed by atoms with E-state index in [1.54, 1.807) is 6.92 Å². The van der Waals surface area contributed by atoms with Crippen LogP contribution in [0.2, 0.25) is 0 Å². The number of hydrogen-bond donors (Lipinski definition) is 1. The minimum Gasteiger partial charge on any atom is -0.463 e. The molecule has 1 aliphatic rings. The van der Waals surface area contributed by atoms with Gasteiger partial charge in [0.15, 0.2) is 23.0 Å². The fourth-order valence-electron chi connectivity index (χ4n) is 4.29. The normalized spacial score (nSPS) is 22.2. The summed E-state index contributed by atoms with van der Waals surface area (Å²) in [7, 11) is 0. The molecule has 3 aromatic rings. The van der Waals surface area contributed by atoms with E-state index in [2.05, 4.69) is 36.2 Å². The second kappa shape index (κ2) is 13.1. The molecule has 5 unspecified atom stereocenters. The highest BCUT2D eigenvalue weighted by atomic mass is 79.9. The number of thiazole rings is 1. The highest BCUT2D eigenvalue weighted by Crippen LogP contribution is 2.43. The number of ether oxygens (including phenoxy) is 4. The molecule has 1 aliphatic heterocycles. The number of alkyl halides is 3. The second-order valence-corrected chi connectivity index (χ2v) is 12.4. The maximum atomic E-state index is 13.3. The van der Waals surface area contributed by atoms with Crippen molar-refractivity contribution in [2.45, 2.75) is 68.6 Å². The highest BCUT2D eigenvalue weighted by Gasteiger charge is 2.52. The summed E-state index contributed by atoms with van der Waals surface area (Å²) >= 11 is 5.03. The van der Waals surface area contributed by atoms with Crippen LogP contribution < -0.4 is 5.73 Å². The first-order chi connectivity index (χ1) is 20.1. The molecule has 0 saturated carbocycles. The van der Waals surface area contributed by atoms with E-state index in [4.69, 9.17) is 24.7 Å². The minimum absolute atomic E-state index is 0.214. The molecule has 2 N–H and O–H groups in total. The van der Waals surface area contributed by atoms with Crippen molar-refractivity contribution >= 4 is 62.1 Å². The van der Waals surface area contributed by atoms with Gasteiger partial charge >= 0.3 is 24.1 Å². The van der Waals surface area contributed by atoms with Crippen LogP contribution in [0.4, 0.5) is 18.3 Å². The summed E-state index contributed by atoms with van der Waals surface area (Å²) in [6.45, 7) is 4.88. The number of pyridine rings is 1. The molecule has 4 heterocycles. The molecule has 4 rings (SSSR count). The number of halogens is 4. The zero-order valence-corrected chi connectivity index (χ0v) is 26.0. The van der Waals surface area contributed by atoms with Crippen LogP contribution in [0.3, 0.4) is 0 Å². The number of anilines is 1. The number of nitrogens with two attached hydrogens (primary N) is 1. The third kappa shape index (κ3) is 7.81. The molecular formula is C24H24BrF3N6O7S2. The zero-order valence-electron chi connectivity index (χ0n) is 22.8. The van der Waals surface area contributed by atoms with Gasteiger partial charge in [0.05, 0.1) is 6.20 Å². The molecule has 3 aromatic heterocycles. The molecule has 0 amide bonds. The van der Waals surface area contributed by atoms with Gasteiger partial charge < -0.3 is 24.7 Å². The lowest BCUT2D eigenvalue weighted by Gasteiger charge is -2.44. The Morgan fingerprint density at radius 2 is 1.84 bits per heavy atom. The first-order valence-corrected chi connectivity index (χ1v) is 14.8. The smallest absolute Gasteiger partial charge is 0.434 e. The van der Waals surface area contributed by atoms with E-state index < -0.39 is 59.6 Å². The first kappa shape index (κ1) is 32.6. The predicted molar refractivity (Wildman–Crippen MR) is 149 cm³/mol. The maximum absolute atomic E-state index is 13.3. The molecule has 0 spiro atoms. The SMILES string of the molecule is CC(=O)OCC1OC(Sc2cnc(C(F)(F)F)c(Br)c2)C(OC(C)=O)C(n2cc(-c3nc(N)sc3C)nn2)C1OC(C)=O. The first-order valence-electron chi connectivity index (χ1n) is 12.3. The Morgan fingerprint density at radius 1 is 1.16 bits per heavy atom. The molecule has 1 fully saturated rings. The van der Waals surface area contributed by atoms with Crippen molar-refractivity contribution in [2.24, 2.45) is 0 Å². The molecule has 232 valence electrons. The van der Waals surface area contributed by atoms with Crippen LogP contribution >= 0.6 is 39.0 Å². The monoisotopic (exact) mass is 708 g/mol. The molecule has 0 aliphatic carbocycles. The van der Waals surface area contributed by atoms with Crippen LogP contribution in [0.5, 0.6) is 0 Å². The van der Waals surface area contributed by atoms with Crippen LogP contribution in [-0.2, 0) is 39.5 Å². The Bertz CT molecular complexity index is 1520. The predicted octanol–water partition coefficient (Wildman–Crippen LogP) is 3.95. The van der Waals surface area contributed by atoms with Crippen LogP contribution in [0.1, 0.15) is 37.4 Å². The Balaban J connectivity index is 1.80. The van der Waals surface area contributed by atoms with E-state index in [-0.39, 0.29) is 16.0 Å². The van der Waals surface area contributed by atoms with Crippen LogP contribution in [-0.4, -0.2) is 73.2 Å². The van der Waals surface area contributed by atoms with Gasteiger partial charge in [0.25, 0.3) is 0 Å². The quantitative estimate of drug-likeness (QED) is 0.264. The fraction of sp³-hybridized carbons (Fsp3) is 0.458. The van der Waals surface area contributed by atoms with E-state index in [1.165, 1.54) is 35.2 Å². The van der Waals surface area contributed by atoms with Crippen molar-refractivity contribution < 1.29 is 46.5 Å². The van der Waals surface area contributed by atoms with E-state index >= 15 is 0 Å². The molecule has 0 aromatic carbocycles. The summed E-state index contributed by atoms with van der Waals surface area (Å²) in [5.41, 5.74) is 4.33. The van der Waals surface area contributed by atoms with Crippen molar-refractivity contribution in [3.8, 4) is 11.4 Å². The Morgan fingerprint density at radius 3 is 2.40 bits per heavy atom. The Hall–Kier alpha value is -3.29. The lowest BCUT2D eigenvalue weighted by molar-refractivity contribution is -0.212. The van der Waals surface area contributed by atoms with E-state index in [0.29, 0.717) is 16.5 Å². The number of nitrogens with zero attached hydrogens (tertiary/aromatic N) is 5. The summed E-state index contributed by atoms with van der Waals surface area (Å²) in [5, 5.41) is 8.68. The van der Waals surface area contributed by atoms with Gasteiger partial charge in [0.1, 0.15) is 35.6 Å². The number of carbonyl (C=O) groups is 3. The fourth-order valence-corrected chi connectivity index (χ4v) is 6.83. The van der Waals surface area contributed by atoms with Crippen LogP contribution in [0, 0.1) is 6.92 Å². The molecule has 0 radical (unpaired) electrons. The van der Waals surface area contributed by atoms with Crippen molar-refractivity contribution in [2.75, 3.05) is 12.3 Å². The average Bonchev–Trinajstić information content (AvgIpc) is 3.49. The lowest BCUT2D eigenvalue weighted by atomic mass is 9.96. The van der Waals surface area contributed by atoms with Crippen molar-refractivity contribution in [1.82, 2.24) is 25.0 Å². The molecule has 1 saturated heterocycles. The molecule has 19 heteroatoms. The molecule has 13 nitrogen and oxygen atoms in total. The van der Waals surface area contributed by atoms with Gasteiger partial charge in [-0.1, -0.05) is 17.0 Å². The van der Waals surface area contributed by atoms with Gasteiger partial charge in [-0.05, 0) is 28.9 Å². The van der Waals surface area contributed by atoms with E-state index in [1.807, 2.05) is 0 Å². The van der Waals surface area contributed by atoms with Gasteiger partial charge in [-0.3, -0.25) is 14.4 Å². The lowest BCUT2D eigenvalue weighted by Crippen LogP contribution is -2.57. The molecule has 5 atom stereocenters. The summed E-state index contributed by atoms with van der Waals surface area (Å²) < 4.78 is 63.4. The maximum Gasteiger partial charge on any atom is 0.434 e. The molecular weight excluding hydrogens is 685 g/mol. The number of rotatable bonds is 8.